The lowest BCUT2D eigenvalue weighted by Gasteiger charge is -2.33. The van der Waals surface area contributed by atoms with E-state index in [1.165, 1.54) is 5.56 Å². The first-order chi connectivity index (χ1) is 9.46. The Hall–Kier alpha value is -0.653. The highest BCUT2D eigenvalue weighted by atomic mass is 32.2. The lowest BCUT2D eigenvalue weighted by atomic mass is 10.1. The normalized spacial score (nSPS) is 17.1. The minimum absolute atomic E-state index is 0.0637. The summed E-state index contributed by atoms with van der Waals surface area (Å²) in [5, 5.41) is 6.08. The molecule has 5 heteroatoms. The van der Waals surface area contributed by atoms with Crippen LogP contribution in [-0.4, -0.2) is 17.7 Å². The van der Waals surface area contributed by atoms with Crippen molar-refractivity contribution in [2.24, 2.45) is 9.17 Å². The maximum atomic E-state index is 12.8. The predicted octanol–water partition coefficient (Wildman–Crippen LogP) is 4.35. The molecule has 0 amide bonds. The fourth-order valence-corrected chi connectivity index (χ4v) is 6.89. The van der Waals surface area contributed by atoms with Gasteiger partial charge in [-0.1, -0.05) is 51.1 Å². The van der Waals surface area contributed by atoms with Gasteiger partial charge in [-0.15, -0.1) is 0 Å². The van der Waals surface area contributed by atoms with E-state index in [1.54, 1.807) is 0 Å². The molecule has 3 nitrogen and oxygen atoms in total. The third-order valence-electron chi connectivity index (χ3n) is 4.47. The fraction of sp³-hybridized carbons (Fsp3) is 0.625. The van der Waals surface area contributed by atoms with Gasteiger partial charge in [0, 0.05) is 0 Å². The molecule has 0 aromatic heterocycles. The highest BCUT2D eigenvalue weighted by molar-refractivity contribution is 7.92. The summed E-state index contributed by atoms with van der Waals surface area (Å²) in [7, 11) is -4.62. The van der Waals surface area contributed by atoms with Crippen molar-refractivity contribution >= 4 is 18.2 Å². The van der Waals surface area contributed by atoms with E-state index in [4.69, 9.17) is 5.14 Å². The van der Waals surface area contributed by atoms with Crippen molar-refractivity contribution in [2.75, 3.05) is 0 Å². The Morgan fingerprint density at radius 1 is 1.24 bits per heavy atom. The molecule has 1 aromatic rings. The second-order valence-electron chi connectivity index (χ2n) is 7.35. The molecule has 0 bridgehead atoms. The number of nitrogens with two attached hydrogens (primary N) is 1. The van der Waals surface area contributed by atoms with Crippen molar-refractivity contribution < 1.29 is 4.21 Å². The monoisotopic (exact) mass is 326 g/mol. The largest absolute Gasteiger partial charge is 0.265 e. The molecule has 0 fully saturated rings. The van der Waals surface area contributed by atoms with E-state index in [9.17, 15) is 4.21 Å². The number of hydrogen-bond donors (Lipinski definition) is 1. The van der Waals surface area contributed by atoms with Crippen LogP contribution < -0.4 is 5.14 Å². The highest BCUT2D eigenvalue weighted by Gasteiger charge is 2.37. The second-order valence-corrected chi connectivity index (χ2v) is 14.7. The van der Waals surface area contributed by atoms with Crippen molar-refractivity contribution in [2.45, 2.75) is 63.9 Å². The first-order valence-corrected chi connectivity index (χ1v) is 12.1. The molecule has 2 atom stereocenters. The van der Waals surface area contributed by atoms with Gasteiger partial charge >= 0.3 is 0 Å². The molecule has 2 N–H and O–H groups in total. The van der Waals surface area contributed by atoms with E-state index in [0.717, 1.165) is 12.8 Å². The van der Waals surface area contributed by atoms with Crippen LogP contribution in [0.3, 0.4) is 0 Å². The fourth-order valence-electron chi connectivity index (χ4n) is 1.77. The van der Waals surface area contributed by atoms with Gasteiger partial charge in [0.05, 0.1) is 15.2 Å². The molecule has 120 valence electrons. The summed E-state index contributed by atoms with van der Waals surface area (Å²) in [6.07, 6.45) is 1.70. The van der Waals surface area contributed by atoms with Crippen LogP contribution in [0.2, 0.25) is 18.1 Å². The van der Waals surface area contributed by atoms with E-state index >= 15 is 0 Å². The maximum Gasteiger partial charge on any atom is 0.194 e. The van der Waals surface area contributed by atoms with Crippen LogP contribution in [0.25, 0.3) is 0 Å². The van der Waals surface area contributed by atoms with Crippen LogP contribution in [0.4, 0.5) is 0 Å². The average Bonchev–Trinajstić information content (AvgIpc) is 2.34. The van der Waals surface area contributed by atoms with Crippen molar-refractivity contribution in [1.82, 2.24) is 0 Å². The Morgan fingerprint density at radius 2 is 1.76 bits per heavy atom. The summed E-state index contributed by atoms with van der Waals surface area (Å²) < 4.78 is 17.5. The Balaban J connectivity index is 2.85. The van der Waals surface area contributed by atoms with E-state index in [2.05, 4.69) is 50.0 Å². The van der Waals surface area contributed by atoms with E-state index < -0.39 is 18.2 Å². The first kappa shape index (κ1) is 18.4. The topological polar surface area (TPSA) is 55.5 Å². The smallest absolute Gasteiger partial charge is 0.194 e. The minimum atomic E-state index is -2.63. The molecule has 1 aromatic carbocycles. The van der Waals surface area contributed by atoms with E-state index in [-0.39, 0.29) is 10.3 Å². The van der Waals surface area contributed by atoms with Crippen LogP contribution >= 0.6 is 0 Å². The van der Waals surface area contributed by atoms with Gasteiger partial charge in [-0.3, -0.25) is 4.03 Å². The summed E-state index contributed by atoms with van der Waals surface area (Å²) in [5.74, 6) is 0. The Bertz CT molecular complexity index is 570. The van der Waals surface area contributed by atoms with Gasteiger partial charge < -0.3 is 0 Å². The molecule has 0 heterocycles. The number of aryl methyl sites for hydroxylation is 1. The lowest BCUT2D eigenvalue weighted by molar-refractivity contribution is 0.657. The van der Waals surface area contributed by atoms with Crippen molar-refractivity contribution in [3.05, 3.63) is 35.9 Å². The lowest BCUT2D eigenvalue weighted by Crippen LogP contribution is -2.40. The Labute approximate surface area is 131 Å². The molecular formula is C16H30N2OSSi. The Morgan fingerprint density at radius 3 is 2.24 bits per heavy atom. The maximum absolute atomic E-state index is 12.8. The molecule has 0 saturated carbocycles. The zero-order chi connectivity index (χ0) is 16.3. The molecule has 0 spiro atoms. The zero-order valence-corrected chi connectivity index (χ0v) is 16.0. The van der Waals surface area contributed by atoms with Crippen LogP contribution in [-0.2, 0) is 16.3 Å². The van der Waals surface area contributed by atoms with Crippen molar-refractivity contribution in [1.29, 1.82) is 0 Å². The van der Waals surface area contributed by atoms with Gasteiger partial charge in [-0.05, 0) is 43.5 Å². The molecule has 21 heavy (non-hydrogen) atoms. The number of benzene rings is 1. The van der Waals surface area contributed by atoms with Gasteiger partial charge in [-0.25, -0.2) is 9.35 Å². The summed E-state index contributed by atoms with van der Waals surface area (Å²) in [6.45, 7) is 12.7. The summed E-state index contributed by atoms with van der Waals surface area (Å²) in [4.78, 5) is 0. The third-order valence-corrected chi connectivity index (χ3v) is 12.5. The Kier molecular flexibility index (Phi) is 5.81. The predicted molar refractivity (Wildman–Crippen MR) is 96.2 cm³/mol. The van der Waals surface area contributed by atoms with Crippen LogP contribution in [0.5, 0.6) is 0 Å². The molecule has 0 aliphatic heterocycles. The number of rotatable bonds is 5. The molecular weight excluding hydrogens is 296 g/mol. The quantitative estimate of drug-likeness (QED) is 0.803. The molecule has 0 radical (unpaired) electrons. The first-order valence-electron chi connectivity index (χ1n) is 7.54. The van der Waals surface area contributed by atoms with Crippen molar-refractivity contribution in [3.8, 4) is 0 Å². The van der Waals surface area contributed by atoms with Gasteiger partial charge in [0.2, 0.25) is 0 Å². The van der Waals surface area contributed by atoms with Crippen LogP contribution in [0.15, 0.2) is 34.4 Å². The van der Waals surface area contributed by atoms with Crippen LogP contribution in [0.1, 0.15) is 39.7 Å². The van der Waals surface area contributed by atoms with E-state index in [0.29, 0.717) is 0 Å². The summed E-state index contributed by atoms with van der Waals surface area (Å²) >= 11 is 0. The van der Waals surface area contributed by atoms with Gasteiger partial charge in [0.1, 0.15) is 0 Å². The third kappa shape index (κ3) is 5.24. The zero-order valence-electron chi connectivity index (χ0n) is 14.2. The molecule has 2 unspecified atom stereocenters. The average molecular weight is 327 g/mol. The molecule has 0 aliphatic carbocycles. The van der Waals surface area contributed by atoms with Gasteiger partial charge in [0.15, 0.2) is 8.24 Å². The minimum Gasteiger partial charge on any atom is -0.265 e. The van der Waals surface area contributed by atoms with E-state index in [1.807, 2.05) is 25.1 Å². The van der Waals surface area contributed by atoms with Crippen molar-refractivity contribution in [3.63, 3.8) is 0 Å². The number of nitrogens with zero attached hydrogens (tertiary/aromatic N) is 1. The second kappa shape index (κ2) is 6.63. The SMILES string of the molecule is CC(CCc1ccccc1)S(N)(=O)=N[Si](C)(C)C(C)(C)C. The van der Waals surface area contributed by atoms with Gasteiger partial charge in [0.25, 0.3) is 0 Å². The standard InChI is InChI=1S/C16H30N2OSSi/c1-14(12-13-15-10-8-7-9-11-15)20(17,19)18-21(5,6)16(2,3)4/h7-11,14H,12-13H2,1-6H3,(H2,17,18,19). The molecule has 0 aliphatic rings. The molecule has 1 rings (SSSR count). The van der Waals surface area contributed by atoms with Gasteiger partial charge in [-0.2, -0.15) is 0 Å². The summed E-state index contributed by atoms with van der Waals surface area (Å²) in [5.41, 5.74) is 1.26. The molecule has 0 saturated heterocycles. The van der Waals surface area contributed by atoms with Crippen LogP contribution in [0, 0.1) is 0 Å². The highest BCUT2D eigenvalue weighted by Crippen LogP contribution is 2.37. The number of hydrogen-bond acceptors (Lipinski definition) is 2. The summed E-state index contributed by atoms with van der Waals surface area (Å²) in [6, 6.07) is 10.2.